The number of nitrogens with one attached hydrogen (secondary N) is 1. The monoisotopic (exact) mass is 305 g/mol. The maximum atomic E-state index is 4.57. The Bertz CT molecular complexity index is 541. The maximum Gasteiger partial charge on any atom is 0.0967 e. The van der Waals surface area contributed by atoms with Gasteiger partial charge in [0.1, 0.15) is 0 Å². The predicted octanol–water partition coefficient (Wildman–Crippen LogP) is 3.10. The Hall–Kier alpha value is -1.13. The van der Waals surface area contributed by atoms with Crippen LogP contribution < -0.4 is 5.32 Å². The van der Waals surface area contributed by atoms with Crippen LogP contribution in [0.2, 0.25) is 0 Å². The van der Waals surface area contributed by atoms with E-state index >= 15 is 0 Å². The molecule has 3 nitrogen and oxygen atoms in total. The zero-order valence-electron chi connectivity index (χ0n) is 10.4. The Labute approximate surface area is 115 Å². The topological polar surface area (TPSA) is 29.9 Å². The summed E-state index contributed by atoms with van der Waals surface area (Å²) in [5, 5.41) is 8.12. The lowest BCUT2D eigenvalue weighted by atomic mass is 10.1. The van der Waals surface area contributed by atoms with Crippen molar-refractivity contribution in [1.82, 2.24) is 15.1 Å². The molecule has 1 N–H and O–H groups in total. The van der Waals surface area contributed by atoms with Gasteiger partial charge in [0.25, 0.3) is 0 Å². The number of benzene rings is 1. The number of hydrogen-bond acceptors (Lipinski definition) is 2. The second kappa shape index (κ2) is 4.86. The Morgan fingerprint density at radius 2 is 2.06 bits per heavy atom. The smallest absolute Gasteiger partial charge is 0.0967 e. The molecule has 1 aliphatic carbocycles. The summed E-state index contributed by atoms with van der Waals surface area (Å²) in [6, 6.07) is 9.05. The molecule has 0 atom stereocenters. The highest BCUT2D eigenvalue weighted by atomic mass is 79.9. The molecule has 1 saturated carbocycles. The van der Waals surface area contributed by atoms with E-state index in [-0.39, 0.29) is 0 Å². The van der Waals surface area contributed by atoms with Gasteiger partial charge in [0.15, 0.2) is 0 Å². The van der Waals surface area contributed by atoms with Crippen molar-refractivity contribution in [3.63, 3.8) is 0 Å². The first-order valence-electron chi connectivity index (χ1n) is 6.24. The molecule has 1 aliphatic rings. The van der Waals surface area contributed by atoms with Crippen LogP contribution in [0.4, 0.5) is 0 Å². The fourth-order valence-corrected chi connectivity index (χ4v) is 2.32. The van der Waals surface area contributed by atoms with Crippen LogP contribution in [0, 0.1) is 0 Å². The minimum absolute atomic E-state index is 0.725. The van der Waals surface area contributed by atoms with Crippen molar-refractivity contribution in [2.45, 2.75) is 25.4 Å². The summed E-state index contributed by atoms with van der Waals surface area (Å²) in [6.45, 7) is 0.907. The summed E-state index contributed by atoms with van der Waals surface area (Å²) in [5.74, 6) is 0. The van der Waals surface area contributed by atoms with E-state index in [9.17, 15) is 0 Å². The van der Waals surface area contributed by atoms with Crippen molar-refractivity contribution in [3.8, 4) is 11.3 Å². The van der Waals surface area contributed by atoms with E-state index in [4.69, 9.17) is 0 Å². The SMILES string of the molecule is Cn1cc(CNC2CC2)c(-c2ccc(Br)cc2)n1. The van der Waals surface area contributed by atoms with Crippen molar-refractivity contribution >= 4 is 15.9 Å². The van der Waals surface area contributed by atoms with Gasteiger partial charge in [-0.3, -0.25) is 4.68 Å². The summed E-state index contributed by atoms with van der Waals surface area (Å²) in [6.07, 6.45) is 4.73. The molecule has 94 valence electrons. The molecule has 1 aromatic carbocycles. The van der Waals surface area contributed by atoms with Crippen molar-refractivity contribution in [2.75, 3.05) is 0 Å². The van der Waals surface area contributed by atoms with Gasteiger partial charge in [-0.05, 0) is 25.0 Å². The highest BCUT2D eigenvalue weighted by molar-refractivity contribution is 9.10. The summed E-state index contributed by atoms with van der Waals surface area (Å²) >= 11 is 3.46. The van der Waals surface area contributed by atoms with E-state index in [0.29, 0.717) is 0 Å². The van der Waals surface area contributed by atoms with Crippen molar-refractivity contribution in [1.29, 1.82) is 0 Å². The largest absolute Gasteiger partial charge is 0.310 e. The van der Waals surface area contributed by atoms with Gasteiger partial charge in [-0.2, -0.15) is 5.10 Å². The second-order valence-corrected chi connectivity index (χ2v) is 5.75. The lowest BCUT2D eigenvalue weighted by molar-refractivity contribution is 0.687. The molecule has 18 heavy (non-hydrogen) atoms. The van der Waals surface area contributed by atoms with Crippen molar-refractivity contribution in [3.05, 3.63) is 40.5 Å². The summed E-state index contributed by atoms with van der Waals surface area (Å²) in [5.41, 5.74) is 3.52. The van der Waals surface area contributed by atoms with Gasteiger partial charge in [-0.15, -0.1) is 0 Å². The molecule has 1 heterocycles. The number of aromatic nitrogens is 2. The average molecular weight is 306 g/mol. The van der Waals surface area contributed by atoms with Crippen molar-refractivity contribution < 1.29 is 0 Å². The number of aryl methyl sites for hydroxylation is 1. The fraction of sp³-hybridized carbons (Fsp3) is 0.357. The molecule has 0 bridgehead atoms. The van der Waals surface area contributed by atoms with E-state index in [1.54, 1.807) is 0 Å². The van der Waals surface area contributed by atoms with E-state index in [0.717, 1.165) is 22.8 Å². The van der Waals surface area contributed by atoms with Crippen LogP contribution in [0.1, 0.15) is 18.4 Å². The zero-order valence-corrected chi connectivity index (χ0v) is 11.9. The molecule has 4 heteroatoms. The zero-order chi connectivity index (χ0) is 12.5. The molecular weight excluding hydrogens is 290 g/mol. The number of halogens is 1. The van der Waals surface area contributed by atoms with Gasteiger partial charge in [-0.25, -0.2) is 0 Å². The van der Waals surface area contributed by atoms with E-state index in [1.165, 1.54) is 24.0 Å². The molecule has 2 aromatic rings. The fourth-order valence-electron chi connectivity index (χ4n) is 2.06. The van der Waals surface area contributed by atoms with E-state index in [2.05, 4.69) is 56.8 Å². The van der Waals surface area contributed by atoms with Crippen LogP contribution in [-0.4, -0.2) is 15.8 Å². The Morgan fingerprint density at radius 3 is 2.72 bits per heavy atom. The minimum atomic E-state index is 0.725. The van der Waals surface area contributed by atoms with Gasteiger partial charge >= 0.3 is 0 Å². The summed E-state index contributed by atoms with van der Waals surface area (Å²) in [4.78, 5) is 0. The van der Waals surface area contributed by atoms with Gasteiger partial charge in [-0.1, -0.05) is 28.1 Å². The highest BCUT2D eigenvalue weighted by Gasteiger charge is 2.21. The van der Waals surface area contributed by atoms with Gasteiger partial charge in [0.05, 0.1) is 5.69 Å². The van der Waals surface area contributed by atoms with Gasteiger partial charge < -0.3 is 5.32 Å². The average Bonchev–Trinajstić information content (AvgIpc) is 3.11. The first kappa shape index (κ1) is 11.9. The number of hydrogen-bond donors (Lipinski definition) is 1. The predicted molar refractivity (Wildman–Crippen MR) is 76.2 cm³/mol. The number of nitrogens with zero attached hydrogens (tertiary/aromatic N) is 2. The van der Waals surface area contributed by atoms with Crippen LogP contribution in [0.25, 0.3) is 11.3 Å². The quantitative estimate of drug-likeness (QED) is 0.940. The Balaban J connectivity index is 1.86. The third-order valence-corrected chi connectivity index (χ3v) is 3.71. The van der Waals surface area contributed by atoms with Crippen molar-refractivity contribution in [2.24, 2.45) is 7.05 Å². The second-order valence-electron chi connectivity index (χ2n) is 4.84. The van der Waals surface area contributed by atoms with Crippen LogP contribution in [-0.2, 0) is 13.6 Å². The molecular formula is C14H16BrN3. The first-order chi connectivity index (χ1) is 8.72. The Kier molecular flexibility index (Phi) is 3.22. The van der Waals surface area contributed by atoms with Gasteiger partial charge in [0, 0.05) is 41.4 Å². The molecule has 1 fully saturated rings. The number of rotatable bonds is 4. The highest BCUT2D eigenvalue weighted by Crippen LogP contribution is 2.25. The normalized spacial score (nSPS) is 15.0. The molecule has 3 rings (SSSR count). The van der Waals surface area contributed by atoms with Crippen LogP contribution >= 0.6 is 15.9 Å². The summed E-state index contributed by atoms with van der Waals surface area (Å²) in [7, 11) is 1.98. The molecule has 0 saturated heterocycles. The van der Waals surface area contributed by atoms with Crippen LogP contribution in [0.15, 0.2) is 34.9 Å². The van der Waals surface area contributed by atoms with E-state index < -0.39 is 0 Å². The summed E-state index contributed by atoms with van der Waals surface area (Å²) < 4.78 is 2.99. The third kappa shape index (κ3) is 2.65. The molecule has 0 radical (unpaired) electrons. The molecule has 0 aliphatic heterocycles. The van der Waals surface area contributed by atoms with E-state index in [1.807, 2.05) is 11.7 Å². The molecule has 0 amide bonds. The first-order valence-corrected chi connectivity index (χ1v) is 7.03. The lowest BCUT2D eigenvalue weighted by Crippen LogP contribution is -2.15. The molecule has 1 aromatic heterocycles. The maximum absolute atomic E-state index is 4.57. The standard InChI is InChI=1S/C14H16BrN3/c1-18-9-11(8-16-13-6-7-13)14(17-18)10-2-4-12(15)5-3-10/h2-5,9,13,16H,6-8H2,1H3. The van der Waals surface area contributed by atoms with Crippen LogP contribution in [0.5, 0.6) is 0 Å². The van der Waals surface area contributed by atoms with Crippen LogP contribution in [0.3, 0.4) is 0 Å². The molecule has 0 unspecified atom stereocenters. The van der Waals surface area contributed by atoms with Gasteiger partial charge in [0.2, 0.25) is 0 Å². The third-order valence-electron chi connectivity index (χ3n) is 3.18. The lowest BCUT2D eigenvalue weighted by Gasteiger charge is -2.04. The minimum Gasteiger partial charge on any atom is -0.310 e. The Morgan fingerprint density at radius 1 is 1.33 bits per heavy atom. The molecule has 0 spiro atoms.